The molecule has 168 valence electrons. The van der Waals surface area contributed by atoms with Gasteiger partial charge in [0.2, 0.25) is 0 Å². The Labute approximate surface area is 191 Å². The van der Waals surface area contributed by atoms with Gasteiger partial charge in [0.05, 0.1) is 0 Å². The molecule has 0 radical (unpaired) electrons. The molecule has 0 bridgehead atoms. The average Bonchev–Trinajstić information content (AvgIpc) is 2.77. The van der Waals surface area contributed by atoms with Gasteiger partial charge in [-0.2, -0.15) is 5.06 Å². The molecule has 0 unspecified atom stereocenters. The molecule has 0 N–H and O–H groups in total. The molecule has 3 aromatic carbocycles. The Morgan fingerprint density at radius 3 is 1.56 bits per heavy atom. The number of hydrogen-bond donors (Lipinski definition) is 0. The van der Waals surface area contributed by atoms with Crippen molar-refractivity contribution in [1.29, 1.82) is 0 Å². The molecule has 1 heterocycles. The van der Waals surface area contributed by atoms with E-state index in [9.17, 15) is 4.57 Å². The first-order valence-corrected chi connectivity index (χ1v) is 12.8. The smallest absolute Gasteiger partial charge is 0.277 e. The predicted molar refractivity (Wildman–Crippen MR) is 131 cm³/mol. The van der Waals surface area contributed by atoms with Gasteiger partial charge in [0.1, 0.15) is 11.9 Å². The molecule has 1 saturated heterocycles. The SMILES string of the molecule is CC1(C)CC(Oc2ccccc2)CC(C)(C)N1OP(=O)(c1ccccc1)c1ccccc1. The molecule has 1 aliphatic rings. The lowest BCUT2D eigenvalue weighted by Gasteiger charge is -2.54. The molecule has 0 atom stereocenters. The highest BCUT2D eigenvalue weighted by molar-refractivity contribution is 7.74. The van der Waals surface area contributed by atoms with Crippen molar-refractivity contribution in [3.63, 3.8) is 0 Å². The van der Waals surface area contributed by atoms with Crippen molar-refractivity contribution in [2.45, 2.75) is 57.7 Å². The Bertz CT molecular complexity index is 1010. The van der Waals surface area contributed by atoms with Gasteiger partial charge in [-0.25, -0.2) is 4.62 Å². The standard InChI is InChI=1S/C27H32NO3P/c1-26(2)20-23(30-22-14-8-5-9-15-22)21-27(3,4)28(26)31-32(29,24-16-10-6-11-17-24)25-18-12-7-13-19-25/h5-19,23H,20-21H2,1-4H3. The Kier molecular flexibility index (Phi) is 6.31. The molecule has 0 amide bonds. The Morgan fingerprint density at radius 1 is 0.719 bits per heavy atom. The molecule has 0 aromatic heterocycles. The summed E-state index contributed by atoms with van der Waals surface area (Å²) in [5.74, 6) is 0.873. The zero-order chi connectivity index (χ0) is 22.8. The molecule has 4 nitrogen and oxygen atoms in total. The first-order valence-electron chi connectivity index (χ1n) is 11.1. The van der Waals surface area contributed by atoms with Gasteiger partial charge in [0.25, 0.3) is 7.37 Å². The van der Waals surface area contributed by atoms with Crippen LogP contribution in [0.15, 0.2) is 91.0 Å². The van der Waals surface area contributed by atoms with E-state index in [0.29, 0.717) is 10.6 Å². The van der Waals surface area contributed by atoms with Gasteiger partial charge in [-0.1, -0.05) is 54.6 Å². The van der Waals surface area contributed by atoms with Crippen LogP contribution in [0.5, 0.6) is 5.75 Å². The van der Waals surface area contributed by atoms with Crippen LogP contribution in [0.2, 0.25) is 0 Å². The summed E-state index contributed by atoms with van der Waals surface area (Å²) in [6, 6.07) is 29.0. The van der Waals surface area contributed by atoms with Crippen LogP contribution >= 0.6 is 7.37 Å². The highest BCUT2D eigenvalue weighted by Gasteiger charge is 2.50. The number of benzene rings is 3. The number of hydrogen-bond acceptors (Lipinski definition) is 4. The third-order valence-electron chi connectivity index (χ3n) is 5.99. The third kappa shape index (κ3) is 4.68. The van der Waals surface area contributed by atoms with E-state index in [1.54, 1.807) is 0 Å². The van der Waals surface area contributed by atoms with Gasteiger partial charge in [-0.15, -0.1) is 0 Å². The monoisotopic (exact) mass is 449 g/mol. The number of nitrogens with zero attached hydrogens (tertiary/aromatic N) is 1. The summed E-state index contributed by atoms with van der Waals surface area (Å²) >= 11 is 0. The molecule has 3 aromatic rings. The lowest BCUT2D eigenvalue weighted by atomic mass is 9.80. The second-order valence-corrected chi connectivity index (χ2v) is 12.0. The second-order valence-electron chi connectivity index (χ2n) is 9.68. The Balaban J connectivity index is 1.66. The van der Waals surface area contributed by atoms with Crippen molar-refractivity contribution in [2.75, 3.05) is 0 Å². The topological polar surface area (TPSA) is 38.8 Å². The van der Waals surface area contributed by atoms with Crippen LogP contribution in [0.1, 0.15) is 40.5 Å². The average molecular weight is 450 g/mol. The minimum atomic E-state index is -3.35. The molecular weight excluding hydrogens is 417 g/mol. The maximum atomic E-state index is 14.5. The van der Waals surface area contributed by atoms with Crippen molar-refractivity contribution < 1.29 is 13.9 Å². The van der Waals surface area contributed by atoms with Gasteiger partial charge in [-0.05, 0) is 64.1 Å². The predicted octanol–water partition coefficient (Wildman–Crippen LogP) is 5.95. The summed E-state index contributed by atoms with van der Waals surface area (Å²) < 4.78 is 27.5. The summed E-state index contributed by atoms with van der Waals surface area (Å²) in [5, 5.41) is 3.35. The summed E-state index contributed by atoms with van der Waals surface area (Å²) in [5.41, 5.74) is -0.777. The highest BCUT2D eigenvalue weighted by Crippen LogP contribution is 2.51. The summed E-state index contributed by atoms with van der Waals surface area (Å²) in [4.78, 5) is 0. The molecular formula is C27H32NO3P. The first kappa shape index (κ1) is 22.8. The van der Waals surface area contributed by atoms with Gasteiger partial charge >= 0.3 is 0 Å². The van der Waals surface area contributed by atoms with Crippen molar-refractivity contribution in [3.8, 4) is 5.75 Å². The van der Waals surface area contributed by atoms with Crippen LogP contribution in [-0.2, 0) is 9.19 Å². The zero-order valence-electron chi connectivity index (χ0n) is 19.3. The molecule has 0 aliphatic carbocycles. The maximum absolute atomic E-state index is 14.5. The Hall–Kier alpha value is -2.39. The number of para-hydroxylation sites is 1. The molecule has 0 saturated carbocycles. The van der Waals surface area contributed by atoms with Gasteiger partial charge in [0.15, 0.2) is 0 Å². The van der Waals surface area contributed by atoms with Crippen LogP contribution in [0.4, 0.5) is 0 Å². The molecule has 1 aliphatic heterocycles. The van der Waals surface area contributed by atoms with Crippen LogP contribution in [-0.4, -0.2) is 22.2 Å². The lowest BCUT2D eigenvalue weighted by molar-refractivity contribution is -0.229. The second kappa shape index (κ2) is 8.86. The van der Waals surface area contributed by atoms with Gasteiger partial charge < -0.3 is 4.74 Å². The van der Waals surface area contributed by atoms with Crippen LogP contribution < -0.4 is 15.3 Å². The van der Waals surface area contributed by atoms with E-state index in [-0.39, 0.29) is 17.2 Å². The summed E-state index contributed by atoms with van der Waals surface area (Å²) in [7, 11) is -3.35. The number of ether oxygens (including phenoxy) is 1. The molecule has 5 heteroatoms. The van der Waals surface area contributed by atoms with E-state index in [2.05, 4.69) is 27.7 Å². The van der Waals surface area contributed by atoms with E-state index in [1.165, 1.54) is 0 Å². The van der Waals surface area contributed by atoms with Gasteiger partial charge in [0, 0.05) is 34.5 Å². The fourth-order valence-corrected chi connectivity index (χ4v) is 7.06. The van der Waals surface area contributed by atoms with Crippen molar-refractivity contribution in [1.82, 2.24) is 5.06 Å². The fraction of sp³-hybridized carbons (Fsp3) is 0.333. The third-order valence-corrected chi connectivity index (χ3v) is 8.34. The molecule has 1 fully saturated rings. The van der Waals surface area contributed by atoms with Gasteiger partial charge in [-0.3, -0.25) is 4.57 Å². The van der Waals surface area contributed by atoms with Crippen LogP contribution in [0.25, 0.3) is 0 Å². The molecule has 32 heavy (non-hydrogen) atoms. The van der Waals surface area contributed by atoms with E-state index >= 15 is 0 Å². The maximum Gasteiger partial charge on any atom is 0.277 e. The van der Waals surface area contributed by atoms with E-state index in [1.807, 2.05) is 96.1 Å². The number of hydroxylamine groups is 2. The molecule has 4 rings (SSSR count). The highest BCUT2D eigenvalue weighted by atomic mass is 31.2. The van der Waals surface area contributed by atoms with E-state index < -0.39 is 7.37 Å². The number of piperidine rings is 1. The lowest BCUT2D eigenvalue weighted by Crippen LogP contribution is -2.62. The quantitative estimate of drug-likeness (QED) is 0.436. The van der Waals surface area contributed by atoms with Crippen LogP contribution in [0.3, 0.4) is 0 Å². The number of rotatable bonds is 6. The Morgan fingerprint density at radius 2 is 1.12 bits per heavy atom. The fourth-order valence-electron chi connectivity index (χ4n) is 4.77. The minimum Gasteiger partial charge on any atom is -0.490 e. The van der Waals surface area contributed by atoms with Crippen molar-refractivity contribution in [2.24, 2.45) is 0 Å². The van der Waals surface area contributed by atoms with E-state index in [0.717, 1.165) is 18.6 Å². The summed E-state index contributed by atoms with van der Waals surface area (Å²) in [6.45, 7) is 8.54. The van der Waals surface area contributed by atoms with Crippen molar-refractivity contribution >= 4 is 18.0 Å². The normalized spacial score (nSPS) is 18.9. The molecule has 0 spiro atoms. The largest absolute Gasteiger partial charge is 0.490 e. The van der Waals surface area contributed by atoms with Crippen molar-refractivity contribution in [3.05, 3.63) is 91.0 Å². The summed E-state index contributed by atoms with van der Waals surface area (Å²) in [6.07, 6.45) is 1.55. The van der Waals surface area contributed by atoms with E-state index in [4.69, 9.17) is 9.36 Å². The first-order chi connectivity index (χ1) is 15.2. The minimum absolute atomic E-state index is 0.0371. The zero-order valence-corrected chi connectivity index (χ0v) is 20.2. The van der Waals surface area contributed by atoms with Crippen LogP contribution in [0, 0.1) is 0 Å².